The highest BCUT2D eigenvalue weighted by molar-refractivity contribution is 5.83. The van der Waals surface area contributed by atoms with E-state index in [9.17, 15) is 4.79 Å². The Morgan fingerprint density at radius 2 is 2.26 bits per heavy atom. The number of rotatable bonds is 6. The van der Waals surface area contributed by atoms with E-state index < -0.39 is 0 Å². The van der Waals surface area contributed by atoms with Crippen LogP contribution in [0.2, 0.25) is 0 Å². The monoisotopic (exact) mass is 267 g/mol. The highest BCUT2D eigenvalue weighted by Gasteiger charge is 2.17. The van der Waals surface area contributed by atoms with Gasteiger partial charge in [0.15, 0.2) is 5.82 Å². The van der Waals surface area contributed by atoms with Crippen molar-refractivity contribution in [3.05, 3.63) is 11.9 Å². The molecule has 0 saturated carbocycles. The van der Waals surface area contributed by atoms with Crippen LogP contribution < -0.4 is 11.1 Å². The van der Waals surface area contributed by atoms with Gasteiger partial charge in [-0.2, -0.15) is 0 Å². The summed E-state index contributed by atoms with van der Waals surface area (Å²) in [6.07, 6.45) is 0. The van der Waals surface area contributed by atoms with Gasteiger partial charge < -0.3 is 20.7 Å². The molecule has 1 atom stereocenters. The number of carbonyl (C=O) groups excluding carboxylic acids is 1. The van der Waals surface area contributed by atoms with Crippen LogP contribution in [0, 0.1) is 0 Å². The van der Waals surface area contributed by atoms with Crippen molar-refractivity contribution in [1.82, 2.24) is 14.9 Å². The average molecular weight is 267 g/mol. The van der Waals surface area contributed by atoms with Crippen LogP contribution in [0.15, 0.2) is 6.07 Å². The van der Waals surface area contributed by atoms with Gasteiger partial charge in [-0.05, 0) is 13.8 Å². The fourth-order valence-electron chi connectivity index (χ4n) is 1.56. The van der Waals surface area contributed by atoms with Crippen LogP contribution in [0.4, 0.5) is 11.6 Å². The number of nitrogens with zero attached hydrogens (tertiary/aromatic N) is 3. The molecule has 19 heavy (non-hydrogen) atoms. The van der Waals surface area contributed by atoms with Gasteiger partial charge in [0.05, 0.1) is 0 Å². The number of methoxy groups -OCH3 is 1. The molecule has 7 nitrogen and oxygen atoms in total. The highest BCUT2D eigenvalue weighted by Crippen LogP contribution is 2.11. The molecule has 3 N–H and O–H groups in total. The number of nitrogen functional groups attached to an aromatic ring is 1. The molecule has 7 heteroatoms. The quantitative estimate of drug-likeness (QED) is 0.779. The maximum Gasteiger partial charge on any atom is 0.244 e. The molecule has 0 fully saturated rings. The third-order valence-corrected chi connectivity index (χ3v) is 2.65. The van der Waals surface area contributed by atoms with Crippen molar-refractivity contribution in [2.45, 2.75) is 26.5 Å². The zero-order valence-electron chi connectivity index (χ0n) is 11.8. The number of aromatic nitrogens is 2. The largest absolute Gasteiger partial charge is 0.384 e. The molecule has 0 saturated heterocycles. The first-order valence-electron chi connectivity index (χ1n) is 6.11. The molecule has 0 bridgehead atoms. The summed E-state index contributed by atoms with van der Waals surface area (Å²) in [4.78, 5) is 21.8. The van der Waals surface area contributed by atoms with Crippen molar-refractivity contribution >= 4 is 17.5 Å². The first kappa shape index (κ1) is 15.2. The SMILES string of the molecule is CCN(C)C(=O)C(C)Nc1cc(N)nc(COC)n1. The summed E-state index contributed by atoms with van der Waals surface area (Å²) >= 11 is 0. The molecule has 1 aromatic heterocycles. The normalized spacial score (nSPS) is 12.0. The lowest BCUT2D eigenvalue weighted by Gasteiger charge is -2.21. The second-order valence-corrected chi connectivity index (χ2v) is 4.25. The van der Waals surface area contributed by atoms with Crippen molar-refractivity contribution in [2.24, 2.45) is 0 Å². The van der Waals surface area contributed by atoms with Crippen molar-refractivity contribution in [2.75, 3.05) is 31.8 Å². The molecule has 1 heterocycles. The van der Waals surface area contributed by atoms with Crippen LogP contribution in [0.25, 0.3) is 0 Å². The molecule has 106 valence electrons. The zero-order valence-corrected chi connectivity index (χ0v) is 11.8. The fourth-order valence-corrected chi connectivity index (χ4v) is 1.56. The molecule has 1 unspecified atom stereocenters. The Labute approximate surface area is 113 Å². The standard InChI is InChI=1S/C12H21N5O2/c1-5-17(3)12(18)8(2)14-10-6-9(13)15-11(16-10)7-19-4/h6,8H,5,7H2,1-4H3,(H3,13,14,15,16). The van der Waals surface area contributed by atoms with Crippen LogP contribution in [-0.4, -0.2) is 47.5 Å². The zero-order chi connectivity index (χ0) is 14.4. The number of amides is 1. The topological polar surface area (TPSA) is 93.4 Å². The van der Waals surface area contributed by atoms with Gasteiger partial charge in [-0.3, -0.25) is 4.79 Å². The van der Waals surface area contributed by atoms with E-state index >= 15 is 0 Å². The van der Waals surface area contributed by atoms with Crippen LogP contribution in [0.3, 0.4) is 0 Å². The average Bonchev–Trinajstić information content (AvgIpc) is 2.36. The Kier molecular flexibility index (Phi) is 5.50. The maximum absolute atomic E-state index is 11.9. The third-order valence-electron chi connectivity index (χ3n) is 2.65. The van der Waals surface area contributed by atoms with E-state index in [-0.39, 0.29) is 18.6 Å². The molecular weight excluding hydrogens is 246 g/mol. The molecule has 1 rings (SSSR count). The Morgan fingerprint density at radius 3 is 2.84 bits per heavy atom. The minimum Gasteiger partial charge on any atom is -0.384 e. The van der Waals surface area contributed by atoms with Crippen LogP contribution in [-0.2, 0) is 16.1 Å². The van der Waals surface area contributed by atoms with E-state index in [2.05, 4.69) is 15.3 Å². The number of carbonyl (C=O) groups is 1. The summed E-state index contributed by atoms with van der Waals surface area (Å²) in [6.45, 7) is 4.63. The Hall–Kier alpha value is -1.89. The Morgan fingerprint density at radius 1 is 1.58 bits per heavy atom. The minimum absolute atomic E-state index is 0.00650. The second kappa shape index (κ2) is 6.89. The summed E-state index contributed by atoms with van der Waals surface area (Å²) in [6, 6.07) is 1.21. The third kappa shape index (κ3) is 4.36. The fraction of sp³-hybridized carbons (Fsp3) is 0.583. The lowest BCUT2D eigenvalue weighted by atomic mass is 10.3. The number of hydrogen-bond donors (Lipinski definition) is 2. The Balaban J connectivity index is 2.78. The van der Waals surface area contributed by atoms with Gasteiger partial charge in [-0.25, -0.2) is 9.97 Å². The second-order valence-electron chi connectivity index (χ2n) is 4.25. The smallest absolute Gasteiger partial charge is 0.244 e. The van der Waals surface area contributed by atoms with E-state index in [4.69, 9.17) is 10.5 Å². The van der Waals surface area contributed by atoms with Gasteiger partial charge in [0.1, 0.15) is 24.3 Å². The molecular formula is C12H21N5O2. The van der Waals surface area contributed by atoms with E-state index in [1.807, 2.05) is 6.92 Å². The number of ether oxygens (including phenoxy) is 1. The molecule has 0 spiro atoms. The number of nitrogens with two attached hydrogens (primary N) is 1. The summed E-state index contributed by atoms with van der Waals surface area (Å²) in [7, 11) is 3.31. The van der Waals surface area contributed by atoms with E-state index in [0.29, 0.717) is 24.0 Å². The maximum atomic E-state index is 11.9. The van der Waals surface area contributed by atoms with Crippen molar-refractivity contribution in [3.8, 4) is 0 Å². The van der Waals surface area contributed by atoms with Crippen LogP contribution in [0.1, 0.15) is 19.7 Å². The van der Waals surface area contributed by atoms with Gasteiger partial charge in [0.2, 0.25) is 5.91 Å². The molecule has 0 aliphatic rings. The van der Waals surface area contributed by atoms with Crippen LogP contribution in [0.5, 0.6) is 0 Å². The van der Waals surface area contributed by atoms with E-state index in [0.717, 1.165) is 0 Å². The summed E-state index contributed by atoms with van der Waals surface area (Å²) in [5, 5.41) is 3.02. The molecule has 0 aliphatic heterocycles. The Bertz CT molecular complexity index is 438. The summed E-state index contributed by atoms with van der Waals surface area (Å²) < 4.78 is 4.96. The van der Waals surface area contributed by atoms with Crippen molar-refractivity contribution < 1.29 is 9.53 Å². The van der Waals surface area contributed by atoms with Gasteiger partial charge in [-0.15, -0.1) is 0 Å². The number of likely N-dealkylation sites (N-methyl/N-ethyl adjacent to an activating group) is 1. The molecule has 1 aromatic rings. The molecule has 0 aliphatic carbocycles. The number of nitrogens with one attached hydrogen (secondary N) is 1. The summed E-state index contributed by atoms with van der Waals surface area (Å²) in [5.41, 5.74) is 5.69. The molecule has 0 aromatic carbocycles. The predicted molar refractivity (Wildman–Crippen MR) is 73.6 cm³/mol. The minimum atomic E-state index is -0.380. The van der Waals surface area contributed by atoms with Gasteiger partial charge in [0.25, 0.3) is 0 Å². The molecule has 1 amide bonds. The molecule has 0 radical (unpaired) electrons. The first-order valence-corrected chi connectivity index (χ1v) is 6.11. The number of hydrogen-bond acceptors (Lipinski definition) is 6. The predicted octanol–water partition coefficient (Wildman–Crippen LogP) is 0.484. The summed E-state index contributed by atoms with van der Waals surface area (Å²) in [5.74, 6) is 1.33. The van der Waals surface area contributed by atoms with Crippen molar-refractivity contribution in [3.63, 3.8) is 0 Å². The van der Waals surface area contributed by atoms with Crippen LogP contribution >= 0.6 is 0 Å². The van der Waals surface area contributed by atoms with Gasteiger partial charge in [-0.1, -0.05) is 0 Å². The van der Waals surface area contributed by atoms with E-state index in [1.165, 1.54) is 0 Å². The number of anilines is 2. The first-order chi connectivity index (χ1) is 8.97. The highest BCUT2D eigenvalue weighted by atomic mass is 16.5. The van der Waals surface area contributed by atoms with Crippen molar-refractivity contribution in [1.29, 1.82) is 0 Å². The lowest BCUT2D eigenvalue weighted by molar-refractivity contribution is -0.130. The van der Waals surface area contributed by atoms with Gasteiger partial charge in [0, 0.05) is 26.8 Å². The lowest BCUT2D eigenvalue weighted by Crippen LogP contribution is -2.39. The van der Waals surface area contributed by atoms with E-state index in [1.54, 1.807) is 32.0 Å². The van der Waals surface area contributed by atoms with Gasteiger partial charge >= 0.3 is 0 Å².